The highest BCUT2D eigenvalue weighted by molar-refractivity contribution is 5.37. The first-order chi connectivity index (χ1) is 9.10. The summed E-state index contributed by atoms with van der Waals surface area (Å²) < 4.78 is 1.86. The molecule has 2 rings (SSSR count). The average Bonchev–Trinajstić information content (AvgIpc) is 2.77. The second kappa shape index (κ2) is 5.82. The van der Waals surface area contributed by atoms with Gasteiger partial charge in [-0.1, -0.05) is 20.8 Å². The quantitative estimate of drug-likeness (QED) is 0.896. The van der Waals surface area contributed by atoms with Gasteiger partial charge >= 0.3 is 0 Å². The van der Waals surface area contributed by atoms with Crippen LogP contribution in [0.5, 0.6) is 0 Å². The van der Waals surface area contributed by atoms with Crippen molar-refractivity contribution in [3.63, 3.8) is 0 Å². The van der Waals surface area contributed by atoms with E-state index < -0.39 is 0 Å². The summed E-state index contributed by atoms with van der Waals surface area (Å²) in [6.07, 6.45) is 4.61. The summed E-state index contributed by atoms with van der Waals surface area (Å²) in [5.74, 6) is 1.28. The number of nitrogens with one attached hydrogen (secondary N) is 1. The van der Waals surface area contributed by atoms with Crippen molar-refractivity contribution in [2.24, 2.45) is 7.05 Å². The lowest BCUT2D eigenvalue weighted by atomic mass is 10.1. The van der Waals surface area contributed by atoms with Gasteiger partial charge in [-0.25, -0.2) is 9.97 Å². The maximum Gasteiger partial charge on any atom is 0.129 e. The minimum absolute atomic E-state index is 0.410. The lowest BCUT2D eigenvalue weighted by Gasteiger charge is -2.08. The van der Waals surface area contributed by atoms with Gasteiger partial charge < -0.3 is 5.32 Å². The van der Waals surface area contributed by atoms with E-state index in [1.807, 2.05) is 17.8 Å². The van der Waals surface area contributed by atoms with E-state index >= 15 is 0 Å². The summed E-state index contributed by atoms with van der Waals surface area (Å²) in [6, 6.07) is 2.01. The van der Waals surface area contributed by atoms with Gasteiger partial charge in [0.1, 0.15) is 12.1 Å². The standard InChI is InChI=1S/C14H21N5/c1-5-12-11(8-19(4)18-12)7-15-14-6-13(10(2)3)16-9-17-14/h6,8-10H,5,7H2,1-4H3,(H,15,16,17). The topological polar surface area (TPSA) is 55.6 Å². The molecule has 0 aliphatic carbocycles. The normalized spacial score (nSPS) is 11.0. The highest BCUT2D eigenvalue weighted by atomic mass is 15.3. The van der Waals surface area contributed by atoms with E-state index in [2.05, 4.69) is 47.4 Å². The van der Waals surface area contributed by atoms with Gasteiger partial charge in [-0.15, -0.1) is 0 Å². The Hall–Kier alpha value is -1.91. The Labute approximate surface area is 114 Å². The fourth-order valence-corrected chi connectivity index (χ4v) is 2.00. The molecule has 0 saturated carbocycles. The number of nitrogens with zero attached hydrogens (tertiary/aromatic N) is 4. The molecule has 0 aromatic carbocycles. The maximum atomic E-state index is 4.43. The average molecular weight is 259 g/mol. The van der Waals surface area contributed by atoms with Crippen molar-refractivity contribution in [2.45, 2.75) is 39.7 Å². The Morgan fingerprint density at radius 2 is 2.11 bits per heavy atom. The van der Waals surface area contributed by atoms with Gasteiger partial charge in [0.2, 0.25) is 0 Å². The molecule has 0 atom stereocenters. The summed E-state index contributed by atoms with van der Waals surface area (Å²) in [5.41, 5.74) is 3.40. The SMILES string of the molecule is CCc1nn(C)cc1CNc1cc(C(C)C)ncn1. The molecule has 5 heteroatoms. The van der Waals surface area contributed by atoms with Crippen LogP contribution in [0.3, 0.4) is 0 Å². The van der Waals surface area contributed by atoms with Gasteiger partial charge in [-0.05, 0) is 12.3 Å². The zero-order valence-corrected chi connectivity index (χ0v) is 12.0. The van der Waals surface area contributed by atoms with Crippen molar-refractivity contribution in [1.29, 1.82) is 0 Å². The number of rotatable bonds is 5. The molecule has 0 saturated heterocycles. The van der Waals surface area contributed by atoms with Crippen LogP contribution < -0.4 is 5.32 Å². The molecule has 0 bridgehead atoms. The first kappa shape index (κ1) is 13.5. The molecule has 19 heavy (non-hydrogen) atoms. The van der Waals surface area contributed by atoms with Gasteiger partial charge in [-0.2, -0.15) is 5.10 Å². The van der Waals surface area contributed by atoms with Crippen LogP contribution in [0.2, 0.25) is 0 Å². The predicted octanol–water partition coefficient (Wildman–Crippen LogP) is 2.51. The molecule has 2 aromatic rings. The van der Waals surface area contributed by atoms with E-state index in [1.54, 1.807) is 6.33 Å². The van der Waals surface area contributed by atoms with Crippen LogP contribution in [-0.2, 0) is 20.0 Å². The highest BCUT2D eigenvalue weighted by Crippen LogP contribution is 2.15. The van der Waals surface area contributed by atoms with Crippen molar-refractivity contribution in [2.75, 3.05) is 5.32 Å². The van der Waals surface area contributed by atoms with Crippen LogP contribution in [0.25, 0.3) is 0 Å². The third-order valence-corrected chi connectivity index (χ3v) is 3.07. The summed E-state index contributed by atoms with van der Waals surface area (Å²) in [5, 5.41) is 7.77. The molecule has 1 N–H and O–H groups in total. The van der Waals surface area contributed by atoms with Crippen LogP contribution in [0.4, 0.5) is 5.82 Å². The van der Waals surface area contributed by atoms with Crippen molar-refractivity contribution >= 4 is 5.82 Å². The number of aryl methyl sites for hydroxylation is 2. The molecular formula is C14H21N5. The second-order valence-corrected chi connectivity index (χ2v) is 4.96. The highest BCUT2D eigenvalue weighted by Gasteiger charge is 2.07. The second-order valence-electron chi connectivity index (χ2n) is 4.96. The fraction of sp³-hybridized carbons (Fsp3) is 0.500. The Morgan fingerprint density at radius 1 is 1.32 bits per heavy atom. The molecule has 0 aliphatic heterocycles. The molecule has 5 nitrogen and oxygen atoms in total. The predicted molar refractivity (Wildman–Crippen MR) is 76.0 cm³/mol. The van der Waals surface area contributed by atoms with Crippen LogP contribution in [-0.4, -0.2) is 19.7 Å². The maximum absolute atomic E-state index is 4.43. The van der Waals surface area contributed by atoms with Gasteiger partial charge in [-0.3, -0.25) is 4.68 Å². The minimum Gasteiger partial charge on any atom is -0.366 e. The van der Waals surface area contributed by atoms with Crippen molar-refractivity contribution in [3.05, 3.63) is 35.5 Å². The lowest BCUT2D eigenvalue weighted by Crippen LogP contribution is -2.04. The van der Waals surface area contributed by atoms with Crippen LogP contribution >= 0.6 is 0 Å². The molecule has 2 aromatic heterocycles. The summed E-state index contributed by atoms with van der Waals surface area (Å²) in [7, 11) is 1.95. The Kier molecular flexibility index (Phi) is 4.14. The zero-order valence-electron chi connectivity index (χ0n) is 12.0. The lowest BCUT2D eigenvalue weighted by molar-refractivity contribution is 0.746. The molecule has 0 unspecified atom stereocenters. The minimum atomic E-state index is 0.410. The fourth-order valence-electron chi connectivity index (χ4n) is 2.00. The third kappa shape index (κ3) is 3.30. The van der Waals surface area contributed by atoms with Crippen molar-refractivity contribution < 1.29 is 0 Å². The van der Waals surface area contributed by atoms with Gasteiger partial charge in [0.05, 0.1) is 5.69 Å². The Balaban J connectivity index is 2.07. The van der Waals surface area contributed by atoms with Crippen LogP contribution in [0.15, 0.2) is 18.6 Å². The largest absolute Gasteiger partial charge is 0.366 e. The smallest absolute Gasteiger partial charge is 0.129 e. The first-order valence-corrected chi connectivity index (χ1v) is 6.67. The molecule has 102 valence electrons. The monoisotopic (exact) mass is 259 g/mol. The van der Waals surface area contributed by atoms with E-state index in [-0.39, 0.29) is 0 Å². The third-order valence-electron chi connectivity index (χ3n) is 3.07. The van der Waals surface area contributed by atoms with E-state index in [0.29, 0.717) is 5.92 Å². The summed E-state index contributed by atoms with van der Waals surface area (Å²) >= 11 is 0. The summed E-state index contributed by atoms with van der Waals surface area (Å²) in [6.45, 7) is 7.11. The first-order valence-electron chi connectivity index (χ1n) is 6.67. The number of anilines is 1. The van der Waals surface area contributed by atoms with Crippen LogP contribution in [0, 0.1) is 0 Å². The van der Waals surface area contributed by atoms with Gasteiger partial charge in [0.25, 0.3) is 0 Å². The van der Waals surface area contributed by atoms with Crippen molar-refractivity contribution in [3.8, 4) is 0 Å². The molecule has 0 amide bonds. The summed E-state index contributed by atoms with van der Waals surface area (Å²) in [4.78, 5) is 8.51. The molecule has 0 aliphatic rings. The van der Waals surface area contributed by atoms with Gasteiger partial charge in [0, 0.05) is 37.1 Å². The zero-order chi connectivity index (χ0) is 13.8. The van der Waals surface area contributed by atoms with E-state index in [4.69, 9.17) is 0 Å². The Morgan fingerprint density at radius 3 is 2.79 bits per heavy atom. The Bertz CT molecular complexity index is 545. The molecule has 0 radical (unpaired) electrons. The number of aromatic nitrogens is 4. The van der Waals surface area contributed by atoms with Crippen LogP contribution in [0.1, 0.15) is 43.6 Å². The molecule has 0 spiro atoms. The molecular weight excluding hydrogens is 238 g/mol. The van der Waals surface area contributed by atoms with E-state index in [0.717, 1.165) is 30.2 Å². The molecule has 2 heterocycles. The van der Waals surface area contributed by atoms with E-state index in [9.17, 15) is 0 Å². The van der Waals surface area contributed by atoms with Crippen molar-refractivity contribution in [1.82, 2.24) is 19.7 Å². The van der Waals surface area contributed by atoms with Gasteiger partial charge in [0.15, 0.2) is 0 Å². The number of hydrogen-bond donors (Lipinski definition) is 1. The molecule has 0 fully saturated rings. The number of hydrogen-bond acceptors (Lipinski definition) is 4. The van der Waals surface area contributed by atoms with E-state index in [1.165, 1.54) is 5.56 Å².